The third-order valence-electron chi connectivity index (χ3n) is 5.98. The fourth-order valence-electron chi connectivity index (χ4n) is 3.62. The van der Waals surface area contributed by atoms with Crippen LogP contribution in [0.1, 0.15) is 69.8 Å². The molecule has 0 fully saturated rings. The van der Waals surface area contributed by atoms with Gasteiger partial charge in [-0.15, -0.1) is 0 Å². The van der Waals surface area contributed by atoms with Crippen LogP contribution < -0.4 is 0 Å². The Morgan fingerprint density at radius 3 is 2.45 bits per heavy atom. The lowest BCUT2D eigenvalue weighted by atomic mass is 9.86. The van der Waals surface area contributed by atoms with Crippen molar-refractivity contribution in [2.24, 2.45) is 7.05 Å². The van der Waals surface area contributed by atoms with Crippen molar-refractivity contribution in [3.05, 3.63) is 59.2 Å². The smallest absolute Gasteiger partial charge is 0.139 e. The largest absolute Gasteiger partial charge is 0.336 e. The van der Waals surface area contributed by atoms with E-state index in [2.05, 4.69) is 87.9 Å². The van der Waals surface area contributed by atoms with Crippen LogP contribution in [0, 0.1) is 0 Å². The molecule has 0 saturated heterocycles. The second kappa shape index (κ2) is 8.27. The number of pyridine rings is 2. The van der Waals surface area contributed by atoms with Gasteiger partial charge in [-0.1, -0.05) is 40.7 Å². The van der Waals surface area contributed by atoms with Gasteiger partial charge < -0.3 is 4.57 Å². The molecule has 4 rings (SSSR count). The zero-order valence-corrected chi connectivity index (χ0v) is 19.3. The molecule has 4 heteroatoms. The number of aromatic nitrogens is 3. The van der Waals surface area contributed by atoms with Gasteiger partial charge in [-0.05, 0) is 54.1 Å². The maximum atomic E-state index is 4.64. The number of likely N-dealkylation sites (N-methyl/N-ethyl adjacent to an activating group) is 1. The SMILES string of the molecule is CC(C)c1cnc2c(ccn2C)c1.CC1Cc2ncc(C(C)(C)C)cc2CN1C. The number of fused-ring (bicyclic) bond motifs is 2. The summed E-state index contributed by atoms with van der Waals surface area (Å²) in [5, 5.41) is 1.23. The molecule has 0 aliphatic carbocycles. The van der Waals surface area contributed by atoms with E-state index in [1.54, 1.807) is 0 Å². The molecule has 0 amide bonds. The topological polar surface area (TPSA) is 34.0 Å². The maximum absolute atomic E-state index is 4.64. The summed E-state index contributed by atoms with van der Waals surface area (Å²) in [5.41, 5.74) is 6.60. The minimum Gasteiger partial charge on any atom is -0.336 e. The number of aryl methyl sites for hydroxylation is 1. The second-order valence-corrected chi connectivity index (χ2v) is 9.81. The second-order valence-electron chi connectivity index (χ2n) is 9.81. The lowest BCUT2D eigenvalue weighted by Gasteiger charge is -2.32. The van der Waals surface area contributed by atoms with Crippen molar-refractivity contribution < 1.29 is 0 Å². The Balaban J connectivity index is 0.000000169. The molecule has 0 saturated carbocycles. The summed E-state index contributed by atoms with van der Waals surface area (Å²) in [7, 11) is 4.21. The summed E-state index contributed by atoms with van der Waals surface area (Å²) < 4.78 is 2.04. The predicted molar refractivity (Wildman–Crippen MR) is 122 cm³/mol. The van der Waals surface area contributed by atoms with Gasteiger partial charge in [0.25, 0.3) is 0 Å². The molecular formula is C25H36N4. The molecule has 1 aliphatic heterocycles. The maximum Gasteiger partial charge on any atom is 0.139 e. The van der Waals surface area contributed by atoms with Crippen LogP contribution in [0.2, 0.25) is 0 Å². The highest BCUT2D eigenvalue weighted by molar-refractivity contribution is 5.76. The number of hydrogen-bond donors (Lipinski definition) is 0. The fourth-order valence-corrected chi connectivity index (χ4v) is 3.62. The zero-order chi connectivity index (χ0) is 21.3. The molecule has 4 nitrogen and oxygen atoms in total. The number of hydrogen-bond acceptors (Lipinski definition) is 3. The molecule has 4 heterocycles. The first-order valence-corrected chi connectivity index (χ1v) is 10.7. The molecule has 3 aromatic rings. The number of nitrogens with zero attached hydrogens (tertiary/aromatic N) is 4. The highest BCUT2D eigenvalue weighted by Gasteiger charge is 2.23. The Hall–Kier alpha value is -2.20. The van der Waals surface area contributed by atoms with E-state index in [0.717, 1.165) is 18.6 Å². The Bertz CT molecular complexity index is 978. The molecule has 0 radical (unpaired) electrons. The van der Waals surface area contributed by atoms with Gasteiger partial charge in [0.1, 0.15) is 5.65 Å². The summed E-state index contributed by atoms with van der Waals surface area (Å²) in [6, 6.07) is 7.27. The van der Waals surface area contributed by atoms with Gasteiger partial charge in [0, 0.05) is 55.7 Å². The third kappa shape index (κ3) is 4.87. The van der Waals surface area contributed by atoms with Crippen molar-refractivity contribution in [2.45, 2.75) is 71.9 Å². The van der Waals surface area contributed by atoms with Gasteiger partial charge in [-0.3, -0.25) is 9.88 Å². The highest BCUT2D eigenvalue weighted by Crippen LogP contribution is 2.27. The van der Waals surface area contributed by atoms with E-state index in [9.17, 15) is 0 Å². The van der Waals surface area contributed by atoms with Gasteiger partial charge in [-0.2, -0.15) is 0 Å². The molecular weight excluding hydrogens is 356 g/mol. The highest BCUT2D eigenvalue weighted by atomic mass is 15.1. The minimum absolute atomic E-state index is 0.198. The summed E-state index contributed by atoms with van der Waals surface area (Å²) in [6.07, 6.45) is 7.14. The summed E-state index contributed by atoms with van der Waals surface area (Å²) in [5.74, 6) is 0.553. The normalized spacial score (nSPS) is 17.2. The molecule has 0 aromatic carbocycles. The molecule has 1 atom stereocenters. The van der Waals surface area contributed by atoms with Gasteiger partial charge in [0.2, 0.25) is 0 Å². The first-order valence-electron chi connectivity index (χ1n) is 10.7. The Kier molecular flexibility index (Phi) is 6.13. The average Bonchev–Trinajstić information content (AvgIpc) is 3.02. The first kappa shape index (κ1) is 21.5. The van der Waals surface area contributed by atoms with E-state index in [-0.39, 0.29) is 5.41 Å². The standard InChI is InChI=1S/C14H22N2.C11H14N2/c1-10-6-13-11(9-16(10)5)7-12(8-15-13)14(2,3)4;1-8(2)10-6-9-4-5-13(3)11(9)12-7-10/h7-8,10H,6,9H2,1-5H3;4-8H,1-3H3. The molecule has 29 heavy (non-hydrogen) atoms. The lowest BCUT2D eigenvalue weighted by molar-refractivity contribution is 0.228. The summed E-state index contributed by atoms with van der Waals surface area (Å²) >= 11 is 0. The molecule has 3 aromatic heterocycles. The van der Waals surface area contributed by atoms with Crippen LogP contribution in [0.15, 0.2) is 36.8 Å². The fraction of sp³-hybridized carbons (Fsp3) is 0.520. The predicted octanol–water partition coefficient (Wildman–Crippen LogP) is 5.45. The van der Waals surface area contributed by atoms with Crippen molar-refractivity contribution >= 4 is 11.0 Å². The van der Waals surface area contributed by atoms with E-state index in [4.69, 9.17) is 0 Å². The lowest BCUT2D eigenvalue weighted by Crippen LogP contribution is -2.35. The summed E-state index contributed by atoms with van der Waals surface area (Å²) in [4.78, 5) is 11.5. The van der Waals surface area contributed by atoms with Crippen molar-refractivity contribution in [1.82, 2.24) is 19.4 Å². The van der Waals surface area contributed by atoms with E-state index in [1.807, 2.05) is 24.0 Å². The van der Waals surface area contributed by atoms with Crippen LogP contribution in [-0.4, -0.2) is 32.5 Å². The van der Waals surface area contributed by atoms with Crippen LogP contribution in [0.25, 0.3) is 11.0 Å². The molecule has 1 aliphatic rings. The Morgan fingerprint density at radius 1 is 1.07 bits per heavy atom. The van der Waals surface area contributed by atoms with Gasteiger partial charge >= 0.3 is 0 Å². The minimum atomic E-state index is 0.198. The molecule has 0 bridgehead atoms. The Morgan fingerprint density at radius 2 is 1.79 bits per heavy atom. The van der Waals surface area contributed by atoms with E-state index < -0.39 is 0 Å². The quantitative estimate of drug-likeness (QED) is 0.552. The van der Waals surface area contributed by atoms with Crippen LogP contribution in [0.3, 0.4) is 0 Å². The van der Waals surface area contributed by atoms with Gasteiger partial charge in [0.05, 0.1) is 0 Å². The molecule has 1 unspecified atom stereocenters. The number of rotatable bonds is 1. The van der Waals surface area contributed by atoms with Crippen LogP contribution >= 0.6 is 0 Å². The van der Waals surface area contributed by atoms with E-state index >= 15 is 0 Å². The van der Waals surface area contributed by atoms with Crippen molar-refractivity contribution in [1.29, 1.82) is 0 Å². The molecule has 156 valence electrons. The Labute approximate surface area is 176 Å². The van der Waals surface area contributed by atoms with Crippen molar-refractivity contribution in [3.63, 3.8) is 0 Å². The average molecular weight is 393 g/mol. The van der Waals surface area contributed by atoms with Crippen LogP contribution in [0.4, 0.5) is 0 Å². The van der Waals surface area contributed by atoms with Crippen LogP contribution in [0.5, 0.6) is 0 Å². The monoisotopic (exact) mass is 392 g/mol. The molecule has 0 N–H and O–H groups in total. The van der Waals surface area contributed by atoms with E-state index in [1.165, 1.54) is 27.8 Å². The third-order valence-corrected chi connectivity index (χ3v) is 5.98. The molecule has 0 spiro atoms. The summed E-state index contributed by atoms with van der Waals surface area (Å²) in [6.45, 7) is 14.4. The zero-order valence-electron chi connectivity index (χ0n) is 19.3. The van der Waals surface area contributed by atoms with E-state index in [0.29, 0.717) is 12.0 Å². The first-order chi connectivity index (χ1) is 13.6. The van der Waals surface area contributed by atoms with Gasteiger partial charge in [-0.25, -0.2) is 4.98 Å². The van der Waals surface area contributed by atoms with Crippen molar-refractivity contribution in [3.8, 4) is 0 Å². The van der Waals surface area contributed by atoms with Crippen molar-refractivity contribution in [2.75, 3.05) is 7.05 Å². The van der Waals surface area contributed by atoms with Gasteiger partial charge in [0.15, 0.2) is 0 Å². The van der Waals surface area contributed by atoms with Crippen LogP contribution in [-0.2, 0) is 25.4 Å².